The van der Waals surface area contributed by atoms with Crippen molar-refractivity contribution in [3.8, 4) is 0 Å². The van der Waals surface area contributed by atoms with Crippen LogP contribution in [0.1, 0.15) is 45.4 Å². The van der Waals surface area contributed by atoms with Crippen LogP contribution in [0.2, 0.25) is 0 Å². The number of aliphatic carboxylic acids is 1. The molecule has 2 rings (SSSR count). The summed E-state index contributed by atoms with van der Waals surface area (Å²) < 4.78 is 0. The van der Waals surface area contributed by atoms with Gasteiger partial charge in [0.25, 0.3) is 0 Å². The molecular formula is C15H26N2O3. The summed E-state index contributed by atoms with van der Waals surface area (Å²) in [6, 6.07) is 0. The first-order valence-corrected chi connectivity index (χ1v) is 7.68. The lowest BCUT2D eigenvalue weighted by atomic mass is 9.71. The Morgan fingerprint density at radius 1 is 1.30 bits per heavy atom. The largest absolute Gasteiger partial charge is 0.481 e. The molecule has 1 atom stereocenters. The number of hydrogen-bond donors (Lipinski definition) is 2. The van der Waals surface area contributed by atoms with Crippen LogP contribution in [0.4, 0.5) is 0 Å². The lowest BCUT2D eigenvalue weighted by Gasteiger charge is -2.44. The Morgan fingerprint density at radius 2 is 1.90 bits per heavy atom. The van der Waals surface area contributed by atoms with Gasteiger partial charge in [0, 0.05) is 25.4 Å². The minimum atomic E-state index is -0.771. The first kappa shape index (κ1) is 15.3. The average molecular weight is 282 g/mol. The van der Waals surface area contributed by atoms with Crippen molar-refractivity contribution in [2.45, 2.75) is 45.4 Å². The van der Waals surface area contributed by atoms with E-state index in [1.807, 2.05) is 0 Å². The number of nitrogens with zero attached hydrogens (tertiary/aromatic N) is 1. The molecule has 1 aliphatic heterocycles. The summed E-state index contributed by atoms with van der Waals surface area (Å²) in [5.74, 6) is -0.868. The highest BCUT2D eigenvalue weighted by atomic mass is 16.4. The second-order valence-corrected chi connectivity index (χ2v) is 6.63. The van der Waals surface area contributed by atoms with E-state index in [2.05, 4.69) is 0 Å². The third-order valence-corrected chi connectivity index (χ3v) is 5.23. The van der Waals surface area contributed by atoms with E-state index >= 15 is 0 Å². The van der Waals surface area contributed by atoms with Crippen LogP contribution in [0.15, 0.2) is 0 Å². The van der Waals surface area contributed by atoms with E-state index in [1.165, 1.54) is 19.3 Å². The topological polar surface area (TPSA) is 83.6 Å². The minimum Gasteiger partial charge on any atom is -0.481 e. The lowest BCUT2D eigenvalue weighted by Crippen LogP contribution is -2.54. The zero-order valence-electron chi connectivity index (χ0n) is 12.3. The average Bonchev–Trinajstić information content (AvgIpc) is 2.37. The summed E-state index contributed by atoms with van der Waals surface area (Å²) in [6.45, 7) is 3.48. The van der Waals surface area contributed by atoms with E-state index in [0.29, 0.717) is 26.1 Å². The molecular weight excluding hydrogens is 256 g/mol. The molecule has 0 radical (unpaired) electrons. The number of carboxylic acids is 1. The van der Waals surface area contributed by atoms with Gasteiger partial charge in [0.15, 0.2) is 0 Å². The van der Waals surface area contributed by atoms with Crippen molar-refractivity contribution in [3.05, 3.63) is 0 Å². The molecule has 20 heavy (non-hydrogen) atoms. The van der Waals surface area contributed by atoms with Gasteiger partial charge in [-0.05, 0) is 24.8 Å². The van der Waals surface area contributed by atoms with Gasteiger partial charge < -0.3 is 15.7 Å². The molecule has 0 aromatic heterocycles. The lowest BCUT2D eigenvalue weighted by molar-refractivity contribution is -0.151. The van der Waals surface area contributed by atoms with E-state index in [0.717, 1.165) is 12.8 Å². The second kappa shape index (κ2) is 6.12. The molecule has 1 amide bonds. The number of amides is 1. The minimum absolute atomic E-state index is 0.00116. The van der Waals surface area contributed by atoms with Crippen molar-refractivity contribution in [1.82, 2.24) is 4.90 Å². The van der Waals surface area contributed by atoms with Gasteiger partial charge in [-0.1, -0.05) is 26.2 Å². The molecule has 0 spiro atoms. The zero-order chi connectivity index (χ0) is 14.8. The third-order valence-electron chi connectivity index (χ3n) is 5.23. The number of nitrogens with two attached hydrogens (primary N) is 1. The van der Waals surface area contributed by atoms with Crippen LogP contribution in [0, 0.1) is 17.3 Å². The highest BCUT2D eigenvalue weighted by Crippen LogP contribution is 2.39. The van der Waals surface area contributed by atoms with Crippen LogP contribution in [0.5, 0.6) is 0 Å². The molecule has 1 saturated carbocycles. The number of rotatable bonds is 5. The smallest absolute Gasteiger partial charge is 0.306 e. The standard InChI is InChI=1S/C15H26N2O3/c1-11(14(19)20)12-8-17(9-12)13(18)7-15(10-16)5-3-2-4-6-15/h11-12H,2-10,16H2,1H3,(H,19,20). The highest BCUT2D eigenvalue weighted by Gasteiger charge is 2.40. The molecule has 2 fully saturated rings. The van der Waals surface area contributed by atoms with Gasteiger partial charge in [0.1, 0.15) is 0 Å². The number of carbonyl (C=O) groups excluding carboxylic acids is 1. The summed E-state index contributed by atoms with van der Waals surface area (Å²) in [6.07, 6.45) is 6.23. The van der Waals surface area contributed by atoms with Crippen molar-refractivity contribution >= 4 is 11.9 Å². The number of carbonyl (C=O) groups is 2. The van der Waals surface area contributed by atoms with Gasteiger partial charge in [-0.2, -0.15) is 0 Å². The molecule has 1 saturated heterocycles. The van der Waals surface area contributed by atoms with Gasteiger partial charge in [-0.25, -0.2) is 0 Å². The van der Waals surface area contributed by atoms with Gasteiger partial charge in [-0.3, -0.25) is 9.59 Å². The van der Waals surface area contributed by atoms with Crippen LogP contribution < -0.4 is 5.73 Å². The van der Waals surface area contributed by atoms with Crippen molar-refractivity contribution < 1.29 is 14.7 Å². The van der Waals surface area contributed by atoms with E-state index < -0.39 is 5.97 Å². The summed E-state index contributed by atoms with van der Waals surface area (Å²) in [4.78, 5) is 25.0. The van der Waals surface area contributed by atoms with E-state index in [4.69, 9.17) is 10.8 Å². The van der Waals surface area contributed by atoms with Crippen molar-refractivity contribution in [2.24, 2.45) is 23.0 Å². The third kappa shape index (κ3) is 3.14. The molecule has 5 heteroatoms. The maximum Gasteiger partial charge on any atom is 0.306 e. The maximum atomic E-state index is 12.3. The fourth-order valence-electron chi connectivity index (χ4n) is 3.42. The summed E-state index contributed by atoms with van der Waals surface area (Å²) >= 11 is 0. The molecule has 3 N–H and O–H groups in total. The van der Waals surface area contributed by atoms with Crippen LogP contribution in [0.3, 0.4) is 0 Å². The second-order valence-electron chi connectivity index (χ2n) is 6.63. The SMILES string of the molecule is CC(C(=O)O)C1CN(C(=O)CC2(CN)CCCCC2)C1. The first-order valence-electron chi connectivity index (χ1n) is 7.68. The molecule has 5 nitrogen and oxygen atoms in total. The zero-order valence-corrected chi connectivity index (χ0v) is 12.3. The monoisotopic (exact) mass is 282 g/mol. The Balaban J connectivity index is 1.83. The molecule has 2 aliphatic rings. The van der Waals surface area contributed by atoms with Crippen LogP contribution in [-0.2, 0) is 9.59 Å². The molecule has 1 unspecified atom stereocenters. The molecule has 0 aromatic rings. The highest BCUT2D eigenvalue weighted by molar-refractivity contribution is 5.78. The predicted octanol–water partition coefficient (Wildman–Crippen LogP) is 1.46. The van der Waals surface area contributed by atoms with E-state index in [-0.39, 0.29) is 23.2 Å². The Morgan fingerprint density at radius 3 is 2.40 bits per heavy atom. The van der Waals surface area contributed by atoms with Crippen LogP contribution >= 0.6 is 0 Å². The first-order chi connectivity index (χ1) is 9.47. The fourth-order valence-corrected chi connectivity index (χ4v) is 3.42. The fraction of sp³-hybridized carbons (Fsp3) is 0.867. The van der Waals surface area contributed by atoms with Crippen molar-refractivity contribution in [2.75, 3.05) is 19.6 Å². The molecule has 114 valence electrons. The Kier molecular flexibility index (Phi) is 4.68. The number of hydrogen-bond acceptors (Lipinski definition) is 3. The summed E-state index contributed by atoms with van der Waals surface area (Å²) in [5, 5.41) is 8.96. The molecule has 0 aromatic carbocycles. The van der Waals surface area contributed by atoms with Crippen LogP contribution in [0.25, 0.3) is 0 Å². The number of carboxylic acid groups (broad SMARTS) is 1. The quantitative estimate of drug-likeness (QED) is 0.799. The van der Waals surface area contributed by atoms with Crippen molar-refractivity contribution in [1.29, 1.82) is 0 Å². The Labute approximate surface area is 120 Å². The normalized spacial score (nSPS) is 24.0. The summed E-state index contributed by atoms with van der Waals surface area (Å²) in [7, 11) is 0. The van der Waals surface area contributed by atoms with Gasteiger partial charge in [-0.15, -0.1) is 0 Å². The molecule has 1 heterocycles. The Hall–Kier alpha value is -1.10. The predicted molar refractivity (Wildman–Crippen MR) is 76.1 cm³/mol. The summed E-state index contributed by atoms with van der Waals surface area (Å²) in [5.41, 5.74) is 5.91. The van der Waals surface area contributed by atoms with Crippen LogP contribution in [-0.4, -0.2) is 41.5 Å². The van der Waals surface area contributed by atoms with Crippen molar-refractivity contribution in [3.63, 3.8) is 0 Å². The molecule has 1 aliphatic carbocycles. The van der Waals surface area contributed by atoms with Gasteiger partial charge in [0.2, 0.25) is 5.91 Å². The van der Waals surface area contributed by atoms with Gasteiger partial charge in [0.05, 0.1) is 5.92 Å². The molecule has 0 bridgehead atoms. The van der Waals surface area contributed by atoms with E-state index in [1.54, 1.807) is 11.8 Å². The van der Waals surface area contributed by atoms with Gasteiger partial charge >= 0.3 is 5.97 Å². The number of likely N-dealkylation sites (tertiary alicyclic amines) is 1. The Bertz CT molecular complexity index is 371. The van der Waals surface area contributed by atoms with E-state index in [9.17, 15) is 9.59 Å². The maximum absolute atomic E-state index is 12.3.